The normalized spacial score (nSPS) is 19.6. The Balaban J connectivity index is 1.56. The fourth-order valence-corrected chi connectivity index (χ4v) is 4.61. The average molecular weight is 373 g/mol. The monoisotopic (exact) mass is 372 g/mol. The van der Waals surface area contributed by atoms with Crippen molar-refractivity contribution >= 4 is 10.8 Å². The summed E-state index contributed by atoms with van der Waals surface area (Å²) in [6.45, 7) is 6.03. The third kappa shape index (κ3) is 3.76. The van der Waals surface area contributed by atoms with E-state index in [4.69, 9.17) is 0 Å². The number of hydrogen-bond donors (Lipinski definition) is 0. The lowest BCUT2D eigenvalue weighted by atomic mass is 9.78. The van der Waals surface area contributed by atoms with Crippen molar-refractivity contribution < 1.29 is 4.39 Å². The Labute approximate surface area is 168 Å². The Bertz CT molecular complexity index is 959. The molecule has 0 aliphatic heterocycles. The molecule has 1 aliphatic carbocycles. The number of allylic oxidation sites excluding steroid dienone is 1. The van der Waals surface area contributed by atoms with Crippen molar-refractivity contribution in [1.29, 1.82) is 0 Å². The first-order valence-electron chi connectivity index (χ1n) is 10.6. The number of aryl methyl sites for hydroxylation is 1. The summed E-state index contributed by atoms with van der Waals surface area (Å²) in [6.07, 6.45) is 8.89. The minimum Gasteiger partial charge on any atom is -0.206 e. The van der Waals surface area contributed by atoms with Crippen molar-refractivity contribution in [3.05, 3.63) is 84.2 Å². The molecule has 1 aliphatic rings. The molecular weight excluding hydrogens is 343 g/mol. The molecule has 0 amide bonds. The SMILES string of the molecule is C=CC1CCC(c2ccc(-c3ccc4c(F)c(CCC)ccc4c3)cc2)CC1. The number of halogens is 1. The maximum Gasteiger partial charge on any atom is 0.134 e. The molecule has 0 aromatic heterocycles. The van der Waals surface area contributed by atoms with Crippen LogP contribution in [0.2, 0.25) is 0 Å². The van der Waals surface area contributed by atoms with Crippen LogP contribution in [0.25, 0.3) is 21.9 Å². The van der Waals surface area contributed by atoms with E-state index in [2.05, 4.69) is 56.0 Å². The van der Waals surface area contributed by atoms with E-state index in [0.717, 1.165) is 34.7 Å². The first kappa shape index (κ1) is 18.9. The van der Waals surface area contributed by atoms with Gasteiger partial charge in [-0.05, 0) is 77.6 Å². The van der Waals surface area contributed by atoms with Crippen LogP contribution in [-0.4, -0.2) is 0 Å². The molecule has 28 heavy (non-hydrogen) atoms. The topological polar surface area (TPSA) is 0 Å². The molecule has 0 N–H and O–H groups in total. The van der Waals surface area contributed by atoms with Crippen LogP contribution in [0.3, 0.4) is 0 Å². The second-order valence-electron chi connectivity index (χ2n) is 8.19. The summed E-state index contributed by atoms with van der Waals surface area (Å²) >= 11 is 0. The Morgan fingerprint density at radius 1 is 0.929 bits per heavy atom. The number of hydrogen-bond acceptors (Lipinski definition) is 0. The van der Waals surface area contributed by atoms with E-state index < -0.39 is 0 Å². The van der Waals surface area contributed by atoms with Gasteiger partial charge in [-0.25, -0.2) is 4.39 Å². The van der Waals surface area contributed by atoms with Gasteiger partial charge in [0.15, 0.2) is 0 Å². The molecule has 0 atom stereocenters. The molecule has 0 unspecified atom stereocenters. The van der Waals surface area contributed by atoms with Crippen LogP contribution < -0.4 is 0 Å². The largest absolute Gasteiger partial charge is 0.206 e. The van der Waals surface area contributed by atoms with Gasteiger partial charge in [-0.2, -0.15) is 0 Å². The maximum absolute atomic E-state index is 14.7. The highest BCUT2D eigenvalue weighted by Crippen LogP contribution is 2.37. The van der Waals surface area contributed by atoms with E-state index in [1.807, 2.05) is 18.2 Å². The van der Waals surface area contributed by atoms with Gasteiger partial charge in [0.1, 0.15) is 5.82 Å². The van der Waals surface area contributed by atoms with Crippen LogP contribution in [0.5, 0.6) is 0 Å². The van der Waals surface area contributed by atoms with Gasteiger partial charge in [0, 0.05) is 5.39 Å². The first-order valence-corrected chi connectivity index (χ1v) is 10.6. The Hall–Kier alpha value is -2.41. The van der Waals surface area contributed by atoms with Crippen LogP contribution in [0.1, 0.15) is 56.1 Å². The average Bonchev–Trinajstić information content (AvgIpc) is 2.76. The molecule has 144 valence electrons. The van der Waals surface area contributed by atoms with E-state index in [9.17, 15) is 4.39 Å². The molecule has 0 spiro atoms. The molecule has 3 aromatic carbocycles. The molecule has 0 radical (unpaired) electrons. The summed E-state index contributed by atoms with van der Waals surface area (Å²) in [6, 6.07) is 19.1. The number of rotatable bonds is 5. The molecular formula is C27H29F. The quantitative estimate of drug-likeness (QED) is 0.397. The van der Waals surface area contributed by atoms with Crippen LogP contribution in [0, 0.1) is 11.7 Å². The molecule has 1 fully saturated rings. The van der Waals surface area contributed by atoms with Gasteiger partial charge >= 0.3 is 0 Å². The highest BCUT2D eigenvalue weighted by molar-refractivity contribution is 5.88. The highest BCUT2D eigenvalue weighted by atomic mass is 19.1. The van der Waals surface area contributed by atoms with E-state index in [1.165, 1.54) is 36.8 Å². The summed E-state index contributed by atoms with van der Waals surface area (Å²) in [4.78, 5) is 0. The minimum absolute atomic E-state index is 0.0589. The Kier molecular flexibility index (Phi) is 5.62. The second-order valence-corrected chi connectivity index (χ2v) is 8.19. The molecule has 0 saturated heterocycles. The zero-order chi connectivity index (χ0) is 19.5. The fraction of sp³-hybridized carbons (Fsp3) is 0.333. The van der Waals surface area contributed by atoms with E-state index in [0.29, 0.717) is 11.8 Å². The van der Waals surface area contributed by atoms with Gasteiger partial charge in [0.2, 0.25) is 0 Å². The third-order valence-corrected chi connectivity index (χ3v) is 6.37. The lowest BCUT2D eigenvalue weighted by molar-refractivity contribution is 0.376. The zero-order valence-corrected chi connectivity index (χ0v) is 16.8. The number of benzene rings is 3. The predicted octanol–water partition coefficient (Wildman–Crippen LogP) is 8.06. The van der Waals surface area contributed by atoms with Gasteiger partial charge in [0.25, 0.3) is 0 Å². The van der Waals surface area contributed by atoms with E-state index in [1.54, 1.807) is 0 Å². The summed E-state index contributed by atoms with van der Waals surface area (Å²) in [5.41, 5.74) is 4.61. The third-order valence-electron chi connectivity index (χ3n) is 6.37. The molecule has 0 nitrogen and oxygen atoms in total. The smallest absolute Gasteiger partial charge is 0.134 e. The van der Waals surface area contributed by atoms with Crippen LogP contribution in [0.15, 0.2) is 67.3 Å². The molecule has 4 rings (SSSR count). The second kappa shape index (κ2) is 8.31. The molecule has 0 heterocycles. The predicted molar refractivity (Wildman–Crippen MR) is 118 cm³/mol. The van der Waals surface area contributed by atoms with Gasteiger partial charge in [0.05, 0.1) is 0 Å². The van der Waals surface area contributed by atoms with Crippen molar-refractivity contribution in [2.75, 3.05) is 0 Å². The van der Waals surface area contributed by atoms with Crippen molar-refractivity contribution in [2.24, 2.45) is 5.92 Å². The lowest BCUT2D eigenvalue weighted by Crippen LogP contribution is -2.11. The fourth-order valence-electron chi connectivity index (χ4n) is 4.61. The summed E-state index contributed by atoms with van der Waals surface area (Å²) in [5, 5.41) is 1.70. The van der Waals surface area contributed by atoms with Gasteiger partial charge in [-0.1, -0.05) is 68.0 Å². The van der Waals surface area contributed by atoms with Crippen LogP contribution in [0.4, 0.5) is 4.39 Å². The summed E-state index contributed by atoms with van der Waals surface area (Å²) in [7, 11) is 0. The highest BCUT2D eigenvalue weighted by Gasteiger charge is 2.20. The first-order chi connectivity index (χ1) is 13.7. The van der Waals surface area contributed by atoms with Crippen molar-refractivity contribution in [3.8, 4) is 11.1 Å². The maximum atomic E-state index is 14.7. The Morgan fingerprint density at radius 2 is 1.64 bits per heavy atom. The minimum atomic E-state index is -0.0589. The van der Waals surface area contributed by atoms with Crippen molar-refractivity contribution in [3.63, 3.8) is 0 Å². The van der Waals surface area contributed by atoms with E-state index in [-0.39, 0.29) is 5.82 Å². The lowest BCUT2D eigenvalue weighted by Gasteiger charge is -2.27. The number of fused-ring (bicyclic) bond motifs is 1. The van der Waals surface area contributed by atoms with E-state index >= 15 is 0 Å². The molecule has 0 bridgehead atoms. The Morgan fingerprint density at radius 3 is 2.32 bits per heavy atom. The van der Waals surface area contributed by atoms with Gasteiger partial charge in [-0.3, -0.25) is 0 Å². The standard InChI is InChI=1S/C27H29F/c1-3-5-23-14-15-25-18-24(16-17-26(25)27(23)28)22-12-10-21(11-13-22)20-8-6-19(4-2)7-9-20/h4,10-20H,2-3,5-9H2,1H3. The molecule has 1 heteroatoms. The van der Waals surface area contributed by atoms with Crippen LogP contribution in [-0.2, 0) is 6.42 Å². The summed E-state index contributed by atoms with van der Waals surface area (Å²) in [5.74, 6) is 1.32. The molecule has 3 aromatic rings. The molecule has 1 saturated carbocycles. The summed E-state index contributed by atoms with van der Waals surface area (Å²) < 4.78 is 14.7. The zero-order valence-electron chi connectivity index (χ0n) is 16.8. The van der Waals surface area contributed by atoms with Crippen LogP contribution >= 0.6 is 0 Å². The van der Waals surface area contributed by atoms with Crippen molar-refractivity contribution in [1.82, 2.24) is 0 Å². The van der Waals surface area contributed by atoms with Crippen molar-refractivity contribution in [2.45, 2.75) is 51.4 Å². The van der Waals surface area contributed by atoms with Gasteiger partial charge in [-0.15, -0.1) is 6.58 Å². The van der Waals surface area contributed by atoms with Gasteiger partial charge < -0.3 is 0 Å².